The van der Waals surface area contributed by atoms with Gasteiger partial charge in [0, 0.05) is 5.75 Å². The van der Waals surface area contributed by atoms with Crippen LogP contribution in [0.5, 0.6) is 5.75 Å². The van der Waals surface area contributed by atoms with Gasteiger partial charge in [-0.25, -0.2) is 4.79 Å². The van der Waals surface area contributed by atoms with Gasteiger partial charge in [0.1, 0.15) is 22.0 Å². The molecule has 0 spiro atoms. The molecule has 5 heteroatoms. The van der Waals surface area contributed by atoms with Gasteiger partial charge in [-0.1, -0.05) is 72.8 Å². The minimum Gasteiger partial charge on any atom is -0.511 e. The van der Waals surface area contributed by atoms with E-state index < -0.39 is 11.6 Å². The molecule has 0 saturated carbocycles. The summed E-state index contributed by atoms with van der Waals surface area (Å²) >= 11 is 1.30. The number of methoxy groups -OCH3 is 1. The third-order valence-corrected chi connectivity index (χ3v) is 6.83. The molecule has 0 bridgehead atoms. The van der Waals surface area contributed by atoms with Crippen LogP contribution in [-0.4, -0.2) is 18.2 Å². The standard InChI is InChI=1S/C27H26O4S/c1-30-23-14-8-11-21(17-23)19-32-25-24(28)18-27(31-26(25)29,22-12-6-3-7-13-22)16-15-20-9-4-2-5-10-20/h2-14,17,28H,15-16,18-19H2,1H3. The second kappa shape index (κ2) is 9.96. The molecule has 1 heterocycles. The predicted molar refractivity (Wildman–Crippen MR) is 128 cm³/mol. The number of esters is 1. The molecule has 0 aromatic heterocycles. The van der Waals surface area contributed by atoms with Crippen LogP contribution < -0.4 is 4.74 Å². The highest BCUT2D eigenvalue weighted by atomic mass is 32.2. The van der Waals surface area contributed by atoms with Gasteiger partial charge < -0.3 is 14.6 Å². The fraction of sp³-hybridized carbons (Fsp3) is 0.222. The quantitative estimate of drug-likeness (QED) is 0.419. The number of hydrogen-bond donors (Lipinski definition) is 1. The van der Waals surface area contributed by atoms with Crippen molar-refractivity contribution >= 4 is 17.7 Å². The Morgan fingerprint density at radius 2 is 1.66 bits per heavy atom. The van der Waals surface area contributed by atoms with Gasteiger partial charge >= 0.3 is 5.97 Å². The number of cyclic esters (lactones) is 1. The molecule has 32 heavy (non-hydrogen) atoms. The minimum atomic E-state index is -0.891. The number of aryl methyl sites for hydroxylation is 1. The Morgan fingerprint density at radius 3 is 2.34 bits per heavy atom. The molecule has 1 aliphatic rings. The second-order valence-electron chi connectivity index (χ2n) is 7.83. The van der Waals surface area contributed by atoms with Crippen molar-refractivity contribution in [1.82, 2.24) is 0 Å². The molecule has 164 valence electrons. The van der Waals surface area contributed by atoms with Crippen molar-refractivity contribution in [2.75, 3.05) is 7.11 Å². The molecule has 1 aliphatic heterocycles. The number of carbonyl (C=O) groups excluding carboxylic acids is 1. The van der Waals surface area contributed by atoms with E-state index in [0.717, 1.165) is 23.3 Å². The Bertz CT molecular complexity index is 1090. The second-order valence-corrected chi connectivity index (χ2v) is 8.81. The van der Waals surface area contributed by atoms with Crippen molar-refractivity contribution in [2.45, 2.75) is 30.6 Å². The van der Waals surface area contributed by atoms with Crippen molar-refractivity contribution < 1.29 is 19.4 Å². The molecule has 1 unspecified atom stereocenters. The number of ether oxygens (including phenoxy) is 2. The van der Waals surface area contributed by atoms with Crippen LogP contribution in [0.1, 0.15) is 29.5 Å². The lowest BCUT2D eigenvalue weighted by molar-refractivity contribution is -0.160. The third kappa shape index (κ3) is 5.00. The summed E-state index contributed by atoms with van der Waals surface area (Å²) in [6.45, 7) is 0. The lowest BCUT2D eigenvalue weighted by Gasteiger charge is -2.37. The maximum atomic E-state index is 13.1. The van der Waals surface area contributed by atoms with Crippen molar-refractivity contribution in [2.24, 2.45) is 0 Å². The van der Waals surface area contributed by atoms with Crippen molar-refractivity contribution in [3.63, 3.8) is 0 Å². The fourth-order valence-electron chi connectivity index (χ4n) is 3.97. The first-order chi connectivity index (χ1) is 15.6. The molecule has 1 N–H and O–H groups in total. The van der Waals surface area contributed by atoms with Gasteiger partial charge in [0.05, 0.1) is 13.5 Å². The zero-order valence-electron chi connectivity index (χ0n) is 18.0. The summed E-state index contributed by atoms with van der Waals surface area (Å²) in [6, 6.07) is 27.5. The molecule has 4 nitrogen and oxygen atoms in total. The maximum Gasteiger partial charge on any atom is 0.348 e. The maximum absolute atomic E-state index is 13.1. The summed E-state index contributed by atoms with van der Waals surface area (Å²) in [5.41, 5.74) is 2.18. The van der Waals surface area contributed by atoms with E-state index in [1.165, 1.54) is 17.3 Å². The zero-order chi connectivity index (χ0) is 22.4. The van der Waals surface area contributed by atoms with Gasteiger partial charge in [0.25, 0.3) is 0 Å². The number of benzene rings is 3. The SMILES string of the molecule is COc1cccc(CSC2=C(O)CC(CCc3ccccc3)(c3ccccc3)OC2=O)c1. The first-order valence-electron chi connectivity index (χ1n) is 10.6. The van der Waals surface area contributed by atoms with E-state index in [4.69, 9.17) is 9.47 Å². The van der Waals surface area contributed by atoms with Crippen LogP contribution in [-0.2, 0) is 27.3 Å². The first kappa shape index (κ1) is 22.0. The van der Waals surface area contributed by atoms with E-state index in [-0.39, 0.29) is 17.1 Å². The van der Waals surface area contributed by atoms with Crippen LogP contribution in [0.4, 0.5) is 0 Å². The molecule has 1 atom stereocenters. The van der Waals surface area contributed by atoms with Gasteiger partial charge in [-0.3, -0.25) is 0 Å². The van der Waals surface area contributed by atoms with Gasteiger partial charge in [0.15, 0.2) is 0 Å². The number of rotatable bonds is 8. The molecule has 3 aromatic rings. The molecule has 0 saturated heterocycles. The summed E-state index contributed by atoms with van der Waals surface area (Å²) in [6.07, 6.45) is 1.59. The molecular weight excluding hydrogens is 420 g/mol. The molecule has 0 aliphatic carbocycles. The largest absolute Gasteiger partial charge is 0.511 e. The van der Waals surface area contributed by atoms with Crippen molar-refractivity contribution in [3.05, 3.63) is 112 Å². The van der Waals surface area contributed by atoms with Crippen molar-refractivity contribution in [1.29, 1.82) is 0 Å². The monoisotopic (exact) mass is 446 g/mol. The summed E-state index contributed by atoms with van der Waals surface area (Å²) in [4.78, 5) is 13.3. The number of thioether (sulfide) groups is 1. The van der Waals surface area contributed by atoms with Gasteiger partial charge in [-0.2, -0.15) is 0 Å². The Balaban J connectivity index is 1.56. The minimum absolute atomic E-state index is 0.0889. The summed E-state index contributed by atoms with van der Waals surface area (Å²) in [5.74, 6) is 0.912. The highest BCUT2D eigenvalue weighted by Crippen LogP contribution is 2.44. The summed E-state index contributed by atoms with van der Waals surface area (Å²) < 4.78 is 11.4. The van der Waals surface area contributed by atoms with Crippen LogP contribution in [0.3, 0.4) is 0 Å². The van der Waals surface area contributed by atoms with E-state index in [2.05, 4.69) is 12.1 Å². The average Bonchev–Trinajstić information content (AvgIpc) is 2.83. The zero-order valence-corrected chi connectivity index (χ0v) is 18.8. The molecule has 4 rings (SSSR count). The van der Waals surface area contributed by atoms with Crippen LogP contribution >= 0.6 is 11.8 Å². The average molecular weight is 447 g/mol. The number of aliphatic hydroxyl groups excluding tert-OH is 1. The van der Waals surface area contributed by atoms with E-state index in [1.54, 1.807) is 7.11 Å². The Hall–Kier alpha value is -3.18. The topological polar surface area (TPSA) is 55.8 Å². The molecule has 0 fully saturated rings. The summed E-state index contributed by atoms with van der Waals surface area (Å²) in [7, 11) is 1.62. The van der Waals surface area contributed by atoms with Crippen molar-refractivity contribution in [3.8, 4) is 5.75 Å². The molecule has 3 aromatic carbocycles. The number of aliphatic hydroxyl groups is 1. The van der Waals surface area contributed by atoms with Gasteiger partial charge in [-0.15, -0.1) is 11.8 Å². The van der Waals surface area contributed by atoms with E-state index in [0.29, 0.717) is 12.2 Å². The molecule has 0 amide bonds. The van der Waals surface area contributed by atoms with E-state index in [9.17, 15) is 9.90 Å². The highest BCUT2D eigenvalue weighted by molar-refractivity contribution is 8.03. The lowest BCUT2D eigenvalue weighted by atomic mass is 9.82. The Kier molecular flexibility index (Phi) is 6.86. The van der Waals surface area contributed by atoms with Gasteiger partial charge in [-0.05, 0) is 41.7 Å². The van der Waals surface area contributed by atoms with Gasteiger partial charge in [0.2, 0.25) is 0 Å². The third-order valence-electron chi connectivity index (χ3n) is 5.67. The normalized spacial score (nSPS) is 18.3. The first-order valence-corrected chi connectivity index (χ1v) is 11.6. The molecular formula is C27H26O4S. The smallest absolute Gasteiger partial charge is 0.348 e. The highest BCUT2D eigenvalue weighted by Gasteiger charge is 2.43. The number of hydrogen-bond acceptors (Lipinski definition) is 5. The Morgan fingerprint density at radius 1 is 0.969 bits per heavy atom. The van der Waals surface area contributed by atoms with Crippen LogP contribution in [0.15, 0.2) is 95.6 Å². The summed E-state index contributed by atoms with van der Waals surface area (Å²) in [5, 5.41) is 10.9. The van der Waals surface area contributed by atoms with Crippen LogP contribution in [0.2, 0.25) is 0 Å². The van der Waals surface area contributed by atoms with Crippen LogP contribution in [0, 0.1) is 0 Å². The van der Waals surface area contributed by atoms with E-state index >= 15 is 0 Å². The van der Waals surface area contributed by atoms with Crippen LogP contribution in [0.25, 0.3) is 0 Å². The number of carbonyl (C=O) groups is 1. The fourth-order valence-corrected chi connectivity index (χ4v) is 4.85. The predicted octanol–water partition coefficient (Wildman–Crippen LogP) is 6.17. The lowest BCUT2D eigenvalue weighted by Crippen LogP contribution is -2.38. The molecule has 0 radical (unpaired) electrons. The van der Waals surface area contributed by atoms with E-state index in [1.807, 2.05) is 72.8 Å². The Labute approximate surface area is 192 Å².